The fourth-order valence-electron chi connectivity index (χ4n) is 3.00. The number of halogens is 2. The Morgan fingerprint density at radius 1 is 1.43 bits per heavy atom. The van der Waals surface area contributed by atoms with E-state index in [1.165, 1.54) is 0 Å². The van der Waals surface area contributed by atoms with Crippen molar-refractivity contribution in [3.05, 3.63) is 17.0 Å². The lowest BCUT2D eigenvalue weighted by molar-refractivity contribution is -0.129. The van der Waals surface area contributed by atoms with Gasteiger partial charge in [-0.05, 0) is 26.7 Å². The van der Waals surface area contributed by atoms with Gasteiger partial charge >= 0.3 is 0 Å². The topological polar surface area (TPSA) is 55.1 Å². The van der Waals surface area contributed by atoms with Gasteiger partial charge < -0.3 is 9.84 Å². The van der Waals surface area contributed by atoms with Crippen LogP contribution in [0.1, 0.15) is 55.5 Å². The van der Waals surface area contributed by atoms with Crippen molar-refractivity contribution >= 4 is 5.91 Å². The summed E-state index contributed by atoms with van der Waals surface area (Å²) in [7, 11) is 0. The van der Waals surface area contributed by atoms with Gasteiger partial charge in [-0.25, -0.2) is 8.78 Å². The Kier molecular flexibility index (Phi) is 4.64. The summed E-state index contributed by atoms with van der Waals surface area (Å²) in [6.45, 7) is 6.17. The molecular formula is C15H22F2N2O2. The summed E-state index contributed by atoms with van der Waals surface area (Å²) in [6, 6.07) is 0. The van der Waals surface area contributed by atoms with E-state index in [-0.39, 0.29) is 43.4 Å². The normalized spacial score (nSPS) is 20.2. The van der Waals surface area contributed by atoms with Crippen molar-refractivity contribution in [3.8, 4) is 0 Å². The number of aromatic nitrogens is 1. The second-order valence-electron chi connectivity index (χ2n) is 6.01. The van der Waals surface area contributed by atoms with Gasteiger partial charge in [-0.3, -0.25) is 4.79 Å². The minimum atomic E-state index is -2.60. The molecule has 1 amide bonds. The van der Waals surface area contributed by atoms with E-state index < -0.39 is 5.92 Å². The SMILES string of the molecule is Cc1noc(C)c1C(C)CNC(=O)C1CCC(F)(F)CC1. The van der Waals surface area contributed by atoms with E-state index in [1.54, 1.807) is 0 Å². The molecular weight excluding hydrogens is 278 g/mol. The molecule has 6 heteroatoms. The van der Waals surface area contributed by atoms with Crippen LogP contribution in [0, 0.1) is 19.8 Å². The highest BCUT2D eigenvalue weighted by molar-refractivity contribution is 5.78. The Morgan fingerprint density at radius 3 is 2.57 bits per heavy atom. The molecule has 0 aromatic carbocycles. The number of hydrogen-bond donors (Lipinski definition) is 1. The summed E-state index contributed by atoms with van der Waals surface area (Å²) < 4.78 is 31.3. The van der Waals surface area contributed by atoms with Gasteiger partial charge in [0, 0.05) is 36.8 Å². The number of rotatable bonds is 4. The molecule has 0 bridgehead atoms. The minimum absolute atomic E-state index is 0.0882. The Morgan fingerprint density at radius 2 is 2.05 bits per heavy atom. The molecule has 0 saturated heterocycles. The number of amides is 1. The number of nitrogens with zero attached hydrogens (tertiary/aromatic N) is 1. The molecule has 0 spiro atoms. The fourth-order valence-corrected chi connectivity index (χ4v) is 3.00. The van der Waals surface area contributed by atoms with Crippen molar-refractivity contribution in [1.29, 1.82) is 0 Å². The fraction of sp³-hybridized carbons (Fsp3) is 0.733. The molecule has 1 aliphatic rings. The average Bonchev–Trinajstić information content (AvgIpc) is 2.75. The molecule has 1 heterocycles. The van der Waals surface area contributed by atoms with Crippen LogP contribution >= 0.6 is 0 Å². The van der Waals surface area contributed by atoms with Crippen LogP contribution in [0.25, 0.3) is 0 Å². The molecule has 1 fully saturated rings. The lowest BCUT2D eigenvalue weighted by Gasteiger charge is -2.27. The molecule has 1 aromatic rings. The third kappa shape index (κ3) is 3.80. The van der Waals surface area contributed by atoms with E-state index in [2.05, 4.69) is 10.5 Å². The zero-order chi connectivity index (χ0) is 15.6. The molecule has 0 radical (unpaired) electrons. The predicted octanol–water partition coefficient (Wildman–Crippen LogP) is 3.34. The van der Waals surface area contributed by atoms with Crippen molar-refractivity contribution in [2.24, 2.45) is 5.92 Å². The Balaban J connectivity index is 1.84. The van der Waals surface area contributed by atoms with Gasteiger partial charge in [0.2, 0.25) is 11.8 Å². The third-order valence-electron chi connectivity index (χ3n) is 4.25. The van der Waals surface area contributed by atoms with Crippen LogP contribution in [0.4, 0.5) is 8.78 Å². The first-order chi connectivity index (χ1) is 9.80. The van der Waals surface area contributed by atoms with Crippen LogP contribution in [0.15, 0.2) is 4.52 Å². The maximum absolute atomic E-state index is 13.1. The maximum atomic E-state index is 13.1. The van der Waals surface area contributed by atoms with Crippen molar-refractivity contribution < 1.29 is 18.1 Å². The van der Waals surface area contributed by atoms with E-state index in [0.717, 1.165) is 17.0 Å². The Hall–Kier alpha value is -1.46. The van der Waals surface area contributed by atoms with Gasteiger partial charge in [0.25, 0.3) is 0 Å². The Bertz CT molecular complexity index is 484. The first-order valence-electron chi connectivity index (χ1n) is 7.38. The molecule has 1 atom stereocenters. The molecule has 1 aliphatic carbocycles. The second kappa shape index (κ2) is 6.12. The van der Waals surface area contributed by atoms with Crippen LogP contribution in [-0.2, 0) is 4.79 Å². The highest BCUT2D eigenvalue weighted by Gasteiger charge is 2.37. The summed E-state index contributed by atoms with van der Waals surface area (Å²) in [5.41, 5.74) is 1.83. The van der Waals surface area contributed by atoms with E-state index >= 15 is 0 Å². The van der Waals surface area contributed by atoms with E-state index in [4.69, 9.17) is 4.52 Å². The minimum Gasteiger partial charge on any atom is -0.361 e. The van der Waals surface area contributed by atoms with Gasteiger partial charge in [-0.15, -0.1) is 0 Å². The first kappa shape index (κ1) is 15.9. The average molecular weight is 300 g/mol. The van der Waals surface area contributed by atoms with Gasteiger partial charge in [-0.1, -0.05) is 12.1 Å². The summed E-state index contributed by atoms with van der Waals surface area (Å²) in [5.74, 6) is -2.16. The van der Waals surface area contributed by atoms with Crippen LogP contribution in [-0.4, -0.2) is 23.5 Å². The lowest BCUT2D eigenvalue weighted by Crippen LogP contribution is -2.37. The van der Waals surface area contributed by atoms with Crippen molar-refractivity contribution in [2.45, 2.75) is 58.3 Å². The molecule has 4 nitrogen and oxygen atoms in total. The molecule has 0 aliphatic heterocycles. The van der Waals surface area contributed by atoms with Crippen LogP contribution in [0.5, 0.6) is 0 Å². The summed E-state index contributed by atoms with van der Waals surface area (Å²) in [4.78, 5) is 12.1. The zero-order valence-electron chi connectivity index (χ0n) is 12.7. The molecule has 118 valence electrons. The number of alkyl halides is 2. The predicted molar refractivity (Wildman–Crippen MR) is 74.3 cm³/mol. The number of nitrogens with one attached hydrogen (secondary N) is 1. The molecule has 21 heavy (non-hydrogen) atoms. The van der Waals surface area contributed by atoms with E-state index in [0.29, 0.717) is 6.54 Å². The molecule has 1 aromatic heterocycles. The highest BCUT2D eigenvalue weighted by atomic mass is 19.3. The second-order valence-corrected chi connectivity index (χ2v) is 6.01. The monoisotopic (exact) mass is 300 g/mol. The summed E-state index contributed by atoms with van der Waals surface area (Å²) in [5, 5.41) is 6.77. The van der Waals surface area contributed by atoms with Gasteiger partial charge in [-0.2, -0.15) is 0 Å². The lowest BCUT2D eigenvalue weighted by atomic mass is 9.86. The van der Waals surface area contributed by atoms with Gasteiger partial charge in [0.05, 0.1) is 5.69 Å². The number of carbonyl (C=O) groups is 1. The smallest absolute Gasteiger partial charge is 0.248 e. The van der Waals surface area contributed by atoms with Gasteiger partial charge in [0.1, 0.15) is 5.76 Å². The van der Waals surface area contributed by atoms with Gasteiger partial charge in [0.15, 0.2) is 0 Å². The van der Waals surface area contributed by atoms with Crippen LogP contribution < -0.4 is 5.32 Å². The quantitative estimate of drug-likeness (QED) is 0.928. The van der Waals surface area contributed by atoms with Crippen LogP contribution in [0.3, 0.4) is 0 Å². The summed E-state index contributed by atoms with van der Waals surface area (Å²) in [6.07, 6.45) is 0.145. The summed E-state index contributed by atoms with van der Waals surface area (Å²) >= 11 is 0. The maximum Gasteiger partial charge on any atom is 0.248 e. The standard InChI is InChI=1S/C15H22F2N2O2/c1-9(13-10(2)19-21-11(13)3)8-18-14(20)12-4-6-15(16,17)7-5-12/h9,12H,4-8H2,1-3H3,(H,18,20). The largest absolute Gasteiger partial charge is 0.361 e. The van der Waals surface area contributed by atoms with Crippen LogP contribution in [0.2, 0.25) is 0 Å². The molecule has 1 N–H and O–H groups in total. The molecule has 1 unspecified atom stereocenters. The third-order valence-corrected chi connectivity index (χ3v) is 4.25. The van der Waals surface area contributed by atoms with Crippen molar-refractivity contribution in [1.82, 2.24) is 10.5 Å². The molecule has 1 saturated carbocycles. The number of aryl methyl sites for hydroxylation is 2. The first-order valence-corrected chi connectivity index (χ1v) is 7.38. The number of carbonyl (C=O) groups excluding carboxylic acids is 1. The van der Waals surface area contributed by atoms with E-state index in [9.17, 15) is 13.6 Å². The zero-order valence-corrected chi connectivity index (χ0v) is 12.7. The Labute approximate surface area is 123 Å². The van der Waals surface area contributed by atoms with Crippen molar-refractivity contribution in [2.75, 3.05) is 6.54 Å². The number of hydrogen-bond acceptors (Lipinski definition) is 3. The van der Waals surface area contributed by atoms with Crippen molar-refractivity contribution in [3.63, 3.8) is 0 Å². The highest BCUT2D eigenvalue weighted by Crippen LogP contribution is 2.36. The molecule has 2 rings (SSSR count). The van der Waals surface area contributed by atoms with E-state index in [1.807, 2.05) is 20.8 Å².